The number of hydrogen-bond donors (Lipinski definition) is 2. The second kappa shape index (κ2) is 7.90. The first-order valence-corrected chi connectivity index (χ1v) is 10.2. The quantitative estimate of drug-likeness (QED) is 0.666. The largest absolute Gasteiger partial charge is 0.351 e. The molecule has 130 valence electrons. The lowest BCUT2D eigenvalue weighted by atomic mass is 10.3. The Balaban J connectivity index is 1.67. The predicted octanol–water partition coefficient (Wildman–Crippen LogP) is 4.06. The van der Waals surface area contributed by atoms with Crippen molar-refractivity contribution in [3.63, 3.8) is 0 Å². The molecule has 0 saturated carbocycles. The van der Waals surface area contributed by atoms with Gasteiger partial charge in [-0.05, 0) is 30.5 Å². The summed E-state index contributed by atoms with van der Waals surface area (Å²) >= 11 is 4.64. The van der Waals surface area contributed by atoms with Gasteiger partial charge in [0, 0.05) is 21.6 Å². The van der Waals surface area contributed by atoms with Gasteiger partial charge in [-0.1, -0.05) is 6.07 Å². The normalized spacial score (nSPS) is 10.6. The van der Waals surface area contributed by atoms with Crippen molar-refractivity contribution < 1.29 is 9.59 Å². The van der Waals surface area contributed by atoms with Crippen LogP contribution in [0.15, 0.2) is 29.6 Å². The zero-order valence-corrected chi connectivity index (χ0v) is 16.2. The summed E-state index contributed by atoms with van der Waals surface area (Å²) in [6, 6.07) is 7.88. The van der Waals surface area contributed by atoms with Crippen molar-refractivity contribution >= 4 is 51.0 Å². The first kappa shape index (κ1) is 17.8. The van der Waals surface area contributed by atoms with Gasteiger partial charge in [-0.25, -0.2) is 4.98 Å². The fourth-order valence-corrected chi connectivity index (χ4v) is 4.83. The van der Waals surface area contributed by atoms with Crippen LogP contribution in [0.25, 0.3) is 10.6 Å². The highest BCUT2D eigenvalue weighted by Gasteiger charge is 2.14. The van der Waals surface area contributed by atoms with Crippen molar-refractivity contribution in [3.8, 4) is 10.6 Å². The van der Waals surface area contributed by atoms with E-state index in [9.17, 15) is 9.59 Å². The van der Waals surface area contributed by atoms with Gasteiger partial charge < -0.3 is 10.6 Å². The van der Waals surface area contributed by atoms with E-state index >= 15 is 0 Å². The van der Waals surface area contributed by atoms with Crippen LogP contribution in [-0.2, 0) is 22.6 Å². The van der Waals surface area contributed by atoms with Crippen LogP contribution in [0.5, 0.6) is 0 Å². The number of nitrogens with one attached hydrogen (secondary N) is 2. The third-order valence-corrected chi connectivity index (χ3v) is 6.22. The molecular formula is C17H17N3O2S3. The van der Waals surface area contributed by atoms with Gasteiger partial charge in [0.2, 0.25) is 11.8 Å². The van der Waals surface area contributed by atoms with E-state index in [4.69, 9.17) is 0 Å². The van der Waals surface area contributed by atoms with E-state index in [0.29, 0.717) is 18.1 Å². The molecule has 25 heavy (non-hydrogen) atoms. The number of thiazole rings is 1. The van der Waals surface area contributed by atoms with E-state index in [1.54, 1.807) is 22.7 Å². The number of rotatable bonds is 6. The van der Waals surface area contributed by atoms with E-state index in [1.165, 1.54) is 18.3 Å². The number of amides is 2. The van der Waals surface area contributed by atoms with Gasteiger partial charge >= 0.3 is 0 Å². The fourth-order valence-electron chi connectivity index (χ4n) is 2.23. The van der Waals surface area contributed by atoms with E-state index < -0.39 is 0 Å². The van der Waals surface area contributed by atoms with Crippen LogP contribution in [0.3, 0.4) is 0 Å². The number of aromatic nitrogens is 1. The molecular weight excluding hydrogens is 374 g/mol. The van der Waals surface area contributed by atoms with Crippen molar-refractivity contribution in [2.24, 2.45) is 0 Å². The highest BCUT2D eigenvalue weighted by Crippen LogP contribution is 2.34. The Morgan fingerprint density at radius 2 is 2.00 bits per heavy atom. The van der Waals surface area contributed by atoms with Crippen LogP contribution in [0, 0.1) is 6.92 Å². The summed E-state index contributed by atoms with van der Waals surface area (Å²) in [5.74, 6) is -0.101. The van der Waals surface area contributed by atoms with Gasteiger partial charge in [0.15, 0.2) is 5.13 Å². The number of hydrogen-bond acceptors (Lipinski definition) is 6. The highest BCUT2D eigenvalue weighted by atomic mass is 32.1. The average Bonchev–Trinajstić information content (AvgIpc) is 3.26. The summed E-state index contributed by atoms with van der Waals surface area (Å²) in [5, 5.41) is 8.25. The van der Waals surface area contributed by atoms with E-state index in [-0.39, 0.29) is 11.8 Å². The molecule has 0 spiro atoms. The minimum Gasteiger partial charge on any atom is -0.351 e. The molecule has 0 unspecified atom stereocenters. The maximum Gasteiger partial charge on any atom is 0.231 e. The van der Waals surface area contributed by atoms with Crippen molar-refractivity contribution in [1.82, 2.24) is 10.3 Å². The predicted molar refractivity (Wildman–Crippen MR) is 104 cm³/mol. The molecule has 0 bridgehead atoms. The van der Waals surface area contributed by atoms with E-state index in [1.807, 2.05) is 36.6 Å². The van der Waals surface area contributed by atoms with Crippen molar-refractivity contribution in [1.29, 1.82) is 0 Å². The summed E-state index contributed by atoms with van der Waals surface area (Å²) < 4.78 is 0. The van der Waals surface area contributed by atoms with Gasteiger partial charge in [0.05, 0.1) is 23.5 Å². The SMILES string of the molecule is CC(=O)NCc1ccc(-c2nc(NC(=O)Cc3cccs3)sc2C)s1. The molecule has 3 heterocycles. The Bertz CT molecular complexity index is 881. The van der Waals surface area contributed by atoms with Gasteiger partial charge in [-0.15, -0.1) is 34.0 Å². The third-order valence-electron chi connectivity index (χ3n) is 3.36. The maximum absolute atomic E-state index is 12.1. The molecule has 3 aromatic heterocycles. The third kappa shape index (κ3) is 4.75. The second-order valence-electron chi connectivity index (χ2n) is 5.40. The monoisotopic (exact) mass is 391 g/mol. The summed E-state index contributed by atoms with van der Waals surface area (Å²) in [6.45, 7) is 4.02. The molecule has 2 N–H and O–H groups in total. The van der Waals surface area contributed by atoms with Crippen LogP contribution in [-0.4, -0.2) is 16.8 Å². The Morgan fingerprint density at radius 3 is 2.72 bits per heavy atom. The average molecular weight is 392 g/mol. The fraction of sp³-hybridized carbons (Fsp3) is 0.235. The number of thiophene rings is 2. The molecule has 0 aliphatic rings. The summed E-state index contributed by atoms with van der Waals surface area (Å²) in [5.41, 5.74) is 0.885. The minimum atomic E-state index is -0.0553. The molecule has 0 radical (unpaired) electrons. The Morgan fingerprint density at radius 1 is 1.16 bits per heavy atom. The topological polar surface area (TPSA) is 71.1 Å². The Labute approximate surface area is 157 Å². The number of carbonyl (C=O) groups excluding carboxylic acids is 2. The van der Waals surface area contributed by atoms with Gasteiger partial charge in [0.25, 0.3) is 0 Å². The first-order chi connectivity index (χ1) is 12.0. The van der Waals surface area contributed by atoms with E-state index in [2.05, 4.69) is 15.6 Å². The van der Waals surface area contributed by atoms with Gasteiger partial charge in [0.1, 0.15) is 0 Å². The van der Waals surface area contributed by atoms with Crippen LogP contribution in [0.4, 0.5) is 5.13 Å². The molecule has 0 aromatic carbocycles. The molecule has 3 aromatic rings. The number of anilines is 1. The van der Waals surface area contributed by atoms with Crippen LogP contribution < -0.4 is 10.6 Å². The van der Waals surface area contributed by atoms with Crippen LogP contribution in [0.1, 0.15) is 21.6 Å². The van der Waals surface area contributed by atoms with Crippen LogP contribution >= 0.6 is 34.0 Å². The van der Waals surface area contributed by atoms with Gasteiger partial charge in [-0.3, -0.25) is 9.59 Å². The zero-order valence-electron chi connectivity index (χ0n) is 13.8. The van der Waals surface area contributed by atoms with Gasteiger partial charge in [-0.2, -0.15) is 0 Å². The van der Waals surface area contributed by atoms with Crippen molar-refractivity contribution in [2.45, 2.75) is 26.8 Å². The summed E-state index contributed by atoms with van der Waals surface area (Å²) in [6.07, 6.45) is 0.367. The standard InChI is InChI=1S/C17H17N3O2S3/c1-10-16(14-6-5-13(25-14)9-18-11(2)21)20-17(24-10)19-15(22)8-12-4-3-7-23-12/h3-7H,8-9H2,1-2H3,(H,18,21)(H,19,20,22). The molecule has 0 aliphatic heterocycles. The molecule has 0 fully saturated rings. The summed E-state index contributed by atoms with van der Waals surface area (Å²) in [4.78, 5) is 31.9. The Kier molecular flexibility index (Phi) is 5.62. The number of nitrogens with zero attached hydrogens (tertiary/aromatic N) is 1. The highest BCUT2D eigenvalue weighted by molar-refractivity contribution is 7.18. The molecule has 0 aliphatic carbocycles. The number of aryl methyl sites for hydroxylation is 1. The van der Waals surface area contributed by atoms with Crippen molar-refractivity contribution in [3.05, 3.63) is 44.3 Å². The van der Waals surface area contributed by atoms with Crippen molar-refractivity contribution in [2.75, 3.05) is 5.32 Å². The number of carbonyl (C=O) groups is 2. The molecule has 2 amide bonds. The minimum absolute atomic E-state index is 0.0458. The van der Waals surface area contributed by atoms with Crippen LogP contribution in [0.2, 0.25) is 0 Å². The van der Waals surface area contributed by atoms with E-state index in [0.717, 1.165) is 25.2 Å². The molecule has 3 rings (SSSR count). The lowest BCUT2D eigenvalue weighted by Gasteiger charge is -1.99. The lowest BCUT2D eigenvalue weighted by Crippen LogP contribution is -2.17. The lowest BCUT2D eigenvalue weighted by molar-refractivity contribution is -0.119. The zero-order chi connectivity index (χ0) is 17.8. The molecule has 0 saturated heterocycles. The summed E-state index contributed by atoms with van der Waals surface area (Å²) in [7, 11) is 0. The maximum atomic E-state index is 12.1. The smallest absolute Gasteiger partial charge is 0.231 e. The molecule has 0 atom stereocenters. The first-order valence-electron chi connectivity index (χ1n) is 7.64. The molecule has 5 nitrogen and oxygen atoms in total. The second-order valence-corrected chi connectivity index (χ2v) is 8.81. The molecule has 8 heteroatoms. The Hall–Kier alpha value is -2.03.